The molecule has 1 unspecified atom stereocenters. The van der Waals surface area contributed by atoms with Gasteiger partial charge >= 0.3 is 0 Å². The van der Waals surface area contributed by atoms with Gasteiger partial charge in [0.15, 0.2) is 0 Å². The zero-order valence-electron chi connectivity index (χ0n) is 11.8. The molecule has 2 rings (SSSR count). The van der Waals surface area contributed by atoms with Crippen LogP contribution in [0, 0.1) is 5.92 Å². The predicted octanol–water partition coefficient (Wildman–Crippen LogP) is 1.40. The third-order valence-corrected chi connectivity index (χ3v) is 4.20. The first-order valence-electron chi connectivity index (χ1n) is 7.30. The van der Waals surface area contributed by atoms with Gasteiger partial charge in [-0.1, -0.05) is 13.8 Å². The molecule has 0 amide bonds. The largest absolute Gasteiger partial charge is 0.310 e. The molecule has 2 aliphatic rings. The van der Waals surface area contributed by atoms with E-state index in [4.69, 9.17) is 0 Å². The number of hydrogen-bond acceptors (Lipinski definition) is 3. The van der Waals surface area contributed by atoms with Crippen LogP contribution in [0.25, 0.3) is 0 Å². The molecule has 17 heavy (non-hydrogen) atoms. The predicted molar refractivity (Wildman–Crippen MR) is 73.3 cm³/mol. The molecule has 0 aromatic heterocycles. The van der Waals surface area contributed by atoms with E-state index in [0.717, 1.165) is 12.0 Å². The van der Waals surface area contributed by atoms with Crippen molar-refractivity contribution in [3.8, 4) is 0 Å². The van der Waals surface area contributed by atoms with Crippen molar-refractivity contribution in [2.24, 2.45) is 5.92 Å². The fourth-order valence-electron chi connectivity index (χ4n) is 3.22. The van der Waals surface area contributed by atoms with E-state index in [1.807, 2.05) is 0 Å². The quantitative estimate of drug-likeness (QED) is 0.800. The molecule has 100 valence electrons. The van der Waals surface area contributed by atoms with Crippen molar-refractivity contribution in [3.05, 3.63) is 0 Å². The third-order valence-electron chi connectivity index (χ3n) is 4.20. The molecule has 0 aliphatic carbocycles. The molecule has 1 atom stereocenters. The highest BCUT2D eigenvalue weighted by atomic mass is 15.2. The van der Waals surface area contributed by atoms with E-state index in [1.165, 1.54) is 52.0 Å². The molecule has 2 heterocycles. The molecular weight excluding hydrogens is 210 g/mol. The maximum atomic E-state index is 3.67. The van der Waals surface area contributed by atoms with Gasteiger partial charge in [-0.05, 0) is 51.9 Å². The maximum absolute atomic E-state index is 3.67. The molecule has 0 radical (unpaired) electrons. The van der Waals surface area contributed by atoms with Gasteiger partial charge in [-0.25, -0.2) is 0 Å². The van der Waals surface area contributed by atoms with Gasteiger partial charge in [0.2, 0.25) is 0 Å². The first-order chi connectivity index (χ1) is 8.13. The van der Waals surface area contributed by atoms with Crippen molar-refractivity contribution in [2.45, 2.75) is 45.2 Å². The summed E-state index contributed by atoms with van der Waals surface area (Å²) < 4.78 is 0. The Morgan fingerprint density at radius 1 is 1.12 bits per heavy atom. The summed E-state index contributed by atoms with van der Waals surface area (Å²) in [6.45, 7) is 11.0. The van der Waals surface area contributed by atoms with E-state index in [2.05, 4.69) is 36.0 Å². The van der Waals surface area contributed by atoms with Gasteiger partial charge in [0, 0.05) is 25.2 Å². The van der Waals surface area contributed by atoms with Gasteiger partial charge in [-0.3, -0.25) is 0 Å². The first kappa shape index (κ1) is 13.3. The molecule has 0 aromatic rings. The number of hydrogen-bond donors (Lipinski definition) is 1. The number of piperidine rings is 1. The molecule has 0 spiro atoms. The monoisotopic (exact) mass is 239 g/mol. The average molecular weight is 239 g/mol. The van der Waals surface area contributed by atoms with Crippen LogP contribution >= 0.6 is 0 Å². The Kier molecular flexibility index (Phi) is 4.83. The second-order valence-corrected chi connectivity index (χ2v) is 6.31. The normalized spacial score (nSPS) is 29.3. The van der Waals surface area contributed by atoms with Gasteiger partial charge in [-0.2, -0.15) is 0 Å². The zero-order valence-corrected chi connectivity index (χ0v) is 11.8. The van der Waals surface area contributed by atoms with Gasteiger partial charge in [-0.15, -0.1) is 0 Å². The van der Waals surface area contributed by atoms with E-state index in [9.17, 15) is 0 Å². The van der Waals surface area contributed by atoms with Gasteiger partial charge < -0.3 is 15.1 Å². The Bertz CT molecular complexity index is 222. The Hall–Kier alpha value is -0.120. The van der Waals surface area contributed by atoms with Crippen molar-refractivity contribution in [1.29, 1.82) is 0 Å². The van der Waals surface area contributed by atoms with Crippen LogP contribution in [0.5, 0.6) is 0 Å². The van der Waals surface area contributed by atoms with Gasteiger partial charge in [0.25, 0.3) is 0 Å². The summed E-state index contributed by atoms with van der Waals surface area (Å²) in [5.41, 5.74) is 0. The average Bonchev–Trinajstić information content (AvgIpc) is 2.68. The lowest BCUT2D eigenvalue weighted by atomic mass is 9.97. The molecule has 0 saturated carbocycles. The SMILES string of the molecule is CC(C)NC1CCN(CC2CCN(C)CC2)C1. The molecule has 2 aliphatic heterocycles. The summed E-state index contributed by atoms with van der Waals surface area (Å²) in [5, 5.41) is 3.67. The summed E-state index contributed by atoms with van der Waals surface area (Å²) in [7, 11) is 2.24. The summed E-state index contributed by atoms with van der Waals surface area (Å²) >= 11 is 0. The van der Waals surface area contributed by atoms with E-state index in [1.54, 1.807) is 0 Å². The van der Waals surface area contributed by atoms with Crippen LogP contribution in [0.4, 0.5) is 0 Å². The zero-order chi connectivity index (χ0) is 12.3. The fourth-order valence-corrected chi connectivity index (χ4v) is 3.22. The minimum atomic E-state index is 0.628. The lowest BCUT2D eigenvalue weighted by molar-refractivity contribution is 0.174. The van der Waals surface area contributed by atoms with Crippen molar-refractivity contribution >= 4 is 0 Å². The first-order valence-corrected chi connectivity index (χ1v) is 7.30. The van der Waals surface area contributed by atoms with Crippen LogP contribution < -0.4 is 5.32 Å². The van der Waals surface area contributed by atoms with Crippen LogP contribution in [-0.2, 0) is 0 Å². The summed E-state index contributed by atoms with van der Waals surface area (Å²) in [4.78, 5) is 5.14. The third kappa shape index (κ3) is 4.23. The second-order valence-electron chi connectivity index (χ2n) is 6.31. The maximum Gasteiger partial charge on any atom is 0.0209 e. The van der Waals surface area contributed by atoms with E-state index < -0.39 is 0 Å². The van der Waals surface area contributed by atoms with Crippen molar-refractivity contribution in [1.82, 2.24) is 15.1 Å². The number of nitrogens with zero attached hydrogens (tertiary/aromatic N) is 2. The highest BCUT2D eigenvalue weighted by Crippen LogP contribution is 2.20. The number of nitrogens with one attached hydrogen (secondary N) is 1. The van der Waals surface area contributed by atoms with Crippen LogP contribution in [0.2, 0.25) is 0 Å². The lowest BCUT2D eigenvalue weighted by Crippen LogP contribution is -2.39. The minimum Gasteiger partial charge on any atom is -0.310 e. The molecule has 0 aromatic carbocycles. The number of likely N-dealkylation sites (tertiary alicyclic amines) is 2. The molecule has 0 bridgehead atoms. The topological polar surface area (TPSA) is 18.5 Å². The highest BCUT2D eigenvalue weighted by molar-refractivity contribution is 4.84. The van der Waals surface area contributed by atoms with Crippen LogP contribution in [0.15, 0.2) is 0 Å². The second kappa shape index (κ2) is 6.17. The van der Waals surface area contributed by atoms with E-state index >= 15 is 0 Å². The van der Waals surface area contributed by atoms with Gasteiger partial charge in [0.1, 0.15) is 0 Å². The van der Waals surface area contributed by atoms with Crippen molar-refractivity contribution in [2.75, 3.05) is 39.8 Å². The van der Waals surface area contributed by atoms with Crippen LogP contribution in [-0.4, -0.2) is 61.7 Å². The van der Waals surface area contributed by atoms with Crippen LogP contribution in [0.3, 0.4) is 0 Å². The smallest absolute Gasteiger partial charge is 0.0209 e. The fraction of sp³-hybridized carbons (Fsp3) is 1.00. The summed E-state index contributed by atoms with van der Waals surface area (Å²) in [6, 6.07) is 1.37. The molecule has 2 fully saturated rings. The summed E-state index contributed by atoms with van der Waals surface area (Å²) in [5.74, 6) is 0.948. The molecule has 2 saturated heterocycles. The van der Waals surface area contributed by atoms with Crippen molar-refractivity contribution < 1.29 is 0 Å². The molecule has 3 heteroatoms. The van der Waals surface area contributed by atoms with Crippen molar-refractivity contribution in [3.63, 3.8) is 0 Å². The highest BCUT2D eigenvalue weighted by Gasteiger charge is 2.26. The summed E-state index contributed by atoms with van der Waals surface area (Å²) in [6.07, 6.45) is 4.13. The Morgan fingerprint density at radius 3 is 2.47 bits per heavy atom. The molecule has 1 N–H and O–H groups in total. The Labute approximate surface area is 107 Å². The van der Waals surface area contributed by atoms with E-state index in [0.29, 0.717) is 6.04 Å². The standard InChI is InChI=1S/C14H29N3/c1-12(2)15-14-6-9-17(11-14)10-13-4-7-16(3)8-5-13/h12-15H,4-11H2,1-3H3. The van der Waals surface area contributed by atoms with Gasteiger partial charge in [0.05, 0.1) is 0 Å². The number of rotatable bonds is 4. The Balaban J connectivity index is 1.67. The van der Waals surface area contributed by atoms with Crippen LogP contribution in [0.1, 0.15) is 33.1 Å². The Morgan fingerprint density at radius 2 is 1.82 bits per heavy atom. The lowest BCUT2D eigenvalue weighted by Gasteiger charge is -2.31. The van der Waals surface area contributed by atoms with E-state index in [-0.39, 0.29) is 0 Å². The molecular formula is C14H29N3. The minimum absolute atomic E-state index is 0.628. The molecule has 3 nitrogen and oxygen atoms in total.